The van der Waals surface area contributed by atoms with Gasteiger partial charge >= 0.3 is 5.97 Å². The number of nitrogens with one attached hydrogen (secondary N) is 1. The van der Waals surface area contributed by atoms with Gasteiger partial charge in [-0.25, -0.2) is 14.2 Å². The van der Waals surface area contributed by atoms with E-state index in [0.717, 1.165) is 17.7 Å². The smallest absolute Gasteiger partial charge is 0.337 e. The number of rotatable bonds is 3. The normalized spacial score (nSPS) is 10.3. The standard InChI is InChI=1S/C13H10BrFN2O2/c1-7-4-10(14)12(16-6-7)17-11-5-8(15)2-3-9(11)13(18)19/h2-6H,1H3,(H,16,17)(H,18,19). The molecule has 0 amide bonds. The molecule has 0 fully saturated rings. The van der Waals surface area contributed by atoms with Crippen LogP contribution in [-0.4, -0.2) is 16.1 Å². The third-order valence-corrected chi connectivity index (χ3v) is 3.05. The molecule has 2 aromatic rings. The first-order valence-corrected chi connectivity index (χ1v) is 6.18. The van der Waals surface area contributed by atoms with Crippen molar-refractivity contribution < 1.29 is 14.3 Å². The highest BCUT2D eigenvalue weighted by molar-refractivity contribution is 9.10. The van der Waals surface area contributed by atoms with Crippen LogP contribution >= 0.6 is 15.9 Å². The number of hydrogen-bond donors (Lipinski definition) is 2. The molecule has 1 aromatic heterocycles. The molecule has 0 spiro atoms. The summed E-state index contributed by atoms with van der Waals surface area (Å²) in [6, 6.07) is 5.26. The molecule has 0 radical (unpaired) electrons. The minimum absolute atomic E-state index is 0.0179. The second-order valence-electron chi connectivity index (χ2n) is 3.96. The summed E-state index contributed by atoms with van der Waals surface area (Å²) in [6.07, 6.45) is 1.63. The first-order chi connectivity index (χ1) is 8.97. The molecule has 2 N–H and O–H groups in total. The minimum Gasteiger partial charge on any atom is -0.478 e. The number of anilines is 2. The van der Waals surface area contributed by atoms with Gasteiger partial charge in [-0.3, -0.25) is 0 Å². The molecular formula is C13H10BrFN2O2. The van der Waals surface area contributed by atoms with E-state index in [1.807, 2.05) is 13.0 Å². The topological polar surface area (TPSA) is 62.2 Å². The summed E-state index contributed by atoms with van der Waals surface area (Å²) < 4.78 is 13.9. The summed E-state index contributed by atoms with van der Waals surface area (Å²) >= 11 is 3.32. The summed E-state index contributed by atoms with van der Waals surface area (Å²) in [6.45, 7) is 1.88. The number of halogens is 2. The molecule has 98 valence electrons. The Morgan fingerprint density at radius 1 is 1.42 bits per heavy atom. The van der Waals surface area contributed by atoms with E-state index >= 15 is 0 Å². The van der Waals surface area contributed by atoms with Crippen molar-refractivity contribution in [2.24, 2.45) is 0 Å². The van der Waals surface area contributed by atoms with E-state index in [-0.39, 0.29) is 11.3 Å². The van der Waals surface area contributed by atoms with E-state index < -0.39 is 11.8 Å². The molecule has 0 unspecified atom stereocenters. The Morgan fingerprint density at radius 2 is 2.16 bits per heavy atom. The third-order valence-electron chi connectivity index (χ3n) is 2.44. The van der Waals surface area contributed by atoms with E-state index in [2.05, 4.69) is 26.2 Å². The van der Waals surface area contributed by atoms with Gasteiger partial charge in [-0.2, -0.15) is 0 Å². The quantitative estimate of drug-likeness (QED) is 0.902. The van der Waals surface area contributed by atoms with Crippen molar-refractivity contribution in [3.63, 3.8) is 0 Å². The fraction of sp³-hybridized carbons (Fsp3) is 0.0769. The zero-order chi connectivity index (χ0) is 14.0. The summed E-state index contributed by atoms with van der Waals surface area (Å²) in [7, 11) is 0. The predicted molar refractivity (Wildman–Crippen MR) is 73.3 cm³/mol. The Kier molecular flexibility index (Phi) is 3.80. The van der Waals surface area contributed by atoms with E-state index in [4.69, 9.17) is 5.11 Å². The van der Waals surface area contributed by atoms with Crippen LogP contribution in [0.1, 0.15) is 15.9 Å². The van der Waals surface area contributed by atoms with Crippen molar-refractivity contribution in [3.05, 3.63) is 51.9 Å². The monoisotopic (exact) mass is 324 g/mol. The Morgan fingerprint density at radius 3 is 2.79 bits per heavy atom. The van der Waals surface area contributed by atoms with Crippen LogP contribution < -0.4 is 5.32 Å². The highest BCUT2D eigenvalue weighted by Gasteiger charge is 2.12. The minimum atomic E-state index is -1.13. The fourth-order valence-electron chi connectivity index (χ4n) is 1.56. The number of nitrogens with zero attached hydrogens (tertiary/aromatic N) is 1. The molecule has 0 saturated carbocycles. The summed E-state index contributed by atoms with van der Waals surface area (Å²) in [5.74, 6) is -1.22. The maximum absolute atomic E-state index is 13.2. The van der Waals surface area contributed by atoms with Gasteiger partial charge in [0.1, 0.15) is 11.6 Å². The van der Waals surface area contributed by atoms with E-state index in [0.29, 0.717) is 10.3 Å². The van der Waals surface area contributed by atoms with Gasteiger partial charge < -0.3 is 10.4 Å². The molecule has 0 aliphatic rings. The van der Waals surface area contributed by atoms with Crippen LogP contribution in [0.2, 0.25) is 0 Å². The number of hydrogen-bond acceptors (Lipinski definition) is 3. The van der Waals surface area contributed by atoms with Gasteiger partial charge in [-0.15, -0.1) is 0 Å². The molecule has 0 aliphatic heterocycles. The van der Waals surface area contributed by atoms with Gasteiger partial charge in [0.25, 0.3) is 0 Å². The number of aromatic carboxylic acids is 1. The molecular weight excluding hydrogens is 315 g/mol. The van der Waals surface area contributed by atoms with Crippen molar-refractivity contribution in [1.82, 2.24) is 4.98 Å². The Bertz CT molecular complexity index is 647. The number of carboxylic acids is 1. The van der Waals surface area contributed by atoms with Gasteiger partial charge in [0.15, 0.2) is 0 Å². The van der Waals surface area contributed by atoms with Crippen molar-refractivity contribution in [2.45, 2.75) is 6.92 Å². The van der Waals surface area contributed by atoms with Gasteiger partial charge in [0, 0.05) is 6.20 Å². The van der Waals surface area contributed by atoms with E-state index in [9.17, 15) is 9.18 Å². The molecule has 6 heteroatoms. The zero-order valence-electron chi connectivity index (χ0n) is 9.95. The van der Waals surface area contributed by atoms with Crippen molar-refractivity contribution in [1.29, 1.82) is 0 Å². The van der Waals surface area contributed by atoms with Gasteiger partial charge in [-0.1, -0.05) is 0 Å². The molecule has 2 rings (SSSR count). The van der Waals surface area contributed by atoms with Crippen LogP contribution in [0.3, 0.4) is 0 Å². The van der Waals surface area contributed by atoms with Crippen molar-refractivity contribution in [3.8, 4) is 0 Å². The molecule has 0 saturated heterocycles. The van der Waals surface area contributed by atoms with Crippen molar-refractivity contribution in [2.75, 3.05) is 5.32 Å². The predicted octanol–water partition coefficient (Wildman–Crippen LogP) is 3.73. The highest BCUT2D eigenvalue weighted by Crippen LogP contribution is 2.26. The molecule has 19 heavy (non-hydrogen) atoms. The highest BCUT2D eigenvalue weighted by atomic mass is 79.9. The van der Waals surface area contributed by atoms with Crippen LogP contribution in [0.25, 0.3) is 0 Å². The lowest BCUT2D eigenvalue weighted by Crippen LogP contribution is -2.04. The van der Waals surface area contributed by atoms with Gasteiger partial charge in [0.2, 0.25) is 0 Å². The number of carbonyl (C=O) groups is 1. The Hall–Kier alpha value is -1.95. The molecule has 0 bridgehead atoms. The van der Waals surface area contributed by atoms with Crippen LogP contribution in [0, 0.1) is 12.7 Å². The molecule has 0 atom stereocenters. The number of pyridine rings is 1. The van der Waals surface area contributed by atoms with Gasteiger partial charge in [0.05, 0.1) is 15.7 Å². The summed E-state index contributed by atoms with van der Waals surface area (Å²) in [4.78, 5) is 15.2. The zero-order valence-corrected chi connectivity index (χ0v) is 11.5. The molecule has 0 aliphatic carbocycles. The second kappa shape index (κ2) is 5.36. The number of benzene rings is 1. The second-order valence-corrected chi connectivity index (χ2v) is 4.82. The number of aryl methyl sites for hydroxylation is 1. The van der Waals surface area contributed by atoms with E-state index in [1.165, 1.54) is 6.07 Å². The average Bonchev–Trinajstić information content (AvgIpc) is 2.32. The summed E-state index contributed by atoms with van der Waals surface area (Å²) in [5, 5.41) is 11.9. The molecule has 1 heterocycles. The maximum Gasteiger partial charge on any atom is 0.337 e. The lowest BCUT2D eigenvalue weighted by atomic mass is 10.1. The number of carboxylic acid groups (broad SMARTS) is 1. The van der Waals surface area contributed by atoms with Crippen LogP contribution in [-0.2, 0) is 0 Å². The maximum atomic E-state index is 13.2. The average molecular weight is 325 g/mol. The summed E-state index contributed by atoms with van der Waals surface area (Å²) in [5.41, 5.74) is 1.09. The lowest BCUT2D eigenvalue weighted by molar-refractivity contribution is 0.0698. The Labute approximate surface area is 117 Å². The SMILES string of the molecule is Cc1cnc(Nc2cc(F)ccc2C(=O)O)c(Br)c1. The molecule has 1 aromatic carbocycles. The molecule has 4 nitrogen and oxygen atoms in total. The third kappa shape index (κ3) is 3.08. The van der Waals surface area contributed by atoms with Crippen LogP contribution in [0.15, 0.2) is 34.9 Å². The number of aromatic nitrogens is 1. The van der Waals surface area contributed by atoms with Gasteiger partial charge in [-0.05, 0) is 52.7 Å². The van der Waals surface area contributed by atoms with Crippen molar-refractivity contribution >= 4 is 33.4 Å². The van der Waals surface area contributed by atoms with E-state index in [1.54, 1.807) is 6.20 Å². The largest absolute Gasteiger partial charge is 0.478 e. The van der Waals surface area contributed by atoms with Crippen LogP contribution in [0.4, 0.5) is 15.9 Å². The first-order valence-electron chi connectivity index (χ1n) is 5.39. The Balaban J connectivity index is 2.42. The lowest BCUT2D eigenvalue weighted by Gasteiger charge is -2.10. The first kappa shape index (κ1) is 13.5. The fourth-order valence-corrected chi connectivity index (χ4v) is 2.12. The van der Waals surface area contributed by atoms with Crippen LogP contribution in [0.5, 0.6) is 0 Å².